The van der Waals surface area contributed by atoms with Gasteiger partial charge in [0.2, 0.25) is 0 Å². The highest BCUT2D eigenvalue weighted by molar-refractivity contribution is 5.78. The number of nitrogens with zero attached hydrogens (tertiary/aromatic N) is 1. The van der Waals surface area contributed by atoms with Crippen LogP contribution < -0.4 is 4.74 Å². The highest BCUT2D eigenvalue weighted by Crippen LogP contribution is 2.18. The van der Waals surface area contributed by atoms with E-state index < -0.39 is 12.1 Å². The van der Waals surface area contributed by atoms with Gasteiger partial charge < -0.3 is 14.6 Å². The van der Waals surface area contributed by atoms with Crippen LogP contribution in [-0.2, 0) is 22.6 Å². The average Bonchev–Trinajstić information content (AvgIpc) is 2.82. The van der Waals surface area contributed by atoms with E-state index in [0.717, 1.165) is 40.6 Å². The molecule has 0 amide bonds. The van der Waals surface area contributed by atoms with Crippen molar-refractivity contribution >= 4 is 16.9 Å². The Morgan fingerprint density at radius 1 is 0.969 bits per heavy atom. The maximum Gasteiger partial charge on any atom is 0.333 e. The molecule has 3 aromatic rings. The largest absolute Gasteiger partial charge is 0.489 e. The van der Waals surface area contributed by atoms with Crippen LogP contribution in [0.15, 0.2) is 60.8 Å². The Bertz CT molecular complexity index is 971. The number of hydrogen-bond acceptors (Lipinski definition) is 4. The molecule has 0 fully saturated rings. The second-order valence-corrected chi connectivity index (χ2v) is 8.14. The summed E-state index contributed by atoms with van der Waals surface area (Å²) < 4.78 is 11.5. The molecule has 2 aromatic carbocycles. The zero-order valence-electron chi connectivity index (χ0n) is 18.8. The van der Waals surface area contributed by atoms with Crippen molar-refractivity contribution in [2.75, 3.05) is 6.61 Å². The van der Waals surface area contributed by atoms with Crippen LogP contribution in [0.25, 0.3) is 10.9 Å². The van der Waals surface area contributed by atoms with Crippen LogP contribution in [0.3, 0.4) is 0 Å². The first-order chi connectivity index (χ1) is 15.7. The zero-order valence-corrected chi connectivity index (χ0v) is 18.8. The molecule has 5 heteroatoms. The fourth-order valence-electron chi connectivity index (χ4n) is 3.62. The minimum atomic E-state index is -0.917. The number of unbranched alkanes of at least 4 members (excludes halogenated alkanes) is 5. The van der Waals surface area contributed by atoms with Crippen molar-refractivity contribution in [3.63, 3.8) is 0 Å². The van der Waals surface area contributed by atoms with Crippen LogP contribution in [0, 0.1) is 0 Å². The summed E-state index contributed by atoms with van der Waals surface area (Å²) >= 11 is 0. The maximum atomic E-state index is 11.6. The van der Waals surface area contributed by atoms with Crippen LogP contribution in [-0.4, -0.2) is 28.8 Å². The number of benzene rings is 2. The molecule has 3 rings (SSSR count). The first kappa shape index (κ1) is 23.7. The van der Waals surface area contributed by atoms with Crippen LogP contribution in [0.4, 0.5) is 0 Å². The smallest absolute Gasteiger partial charge is 0.333 e. The van der Waals surface area contributed by atoms with Crippen LogP contribution in [0.1, 0.15) is 56.6 Å². The molecule has 1 heterocycles. The molecule has 1 aromatic heterocycles. The topological polar surface area (TPSA) is 68.7 Å². The summed E-state index contributed by atoms with van der Waals surface area (Å²) in [5.41, 5.74) is 2.88. The summed E-state index contributed by atoms with van der Waals surface area (Å²) in [6, 6.07) is 17.6. The van der Waals surface area contributed by atoms with Gasteiger partial charge >= 0.3 is 5.97 Å². The quantitative estimate of drug-likeness (QED) is 0.306. The normalized spacial score (nSPS) is 12.0. The molecule has 5 nitrogen and oxygen atoms in total. The second-order valence-electron chi connectivity index (χ2n) is 8.14. The molecule has 0 bridgehead atoms. The molecule has 0 radical (unpaired) electrons. The lowest BCUT2D eigenvalue weighted by atomic mass is 10.1. The van der Waals surface area contributed by atoms with Gasteiger partial charge in [-0.25, -0.2) is 4.79 Å². The molecule has 0 saturated carbocycles. The number of carboxylic acid groups (broad SMARTS) is 1. The van der Waals surface area contributed by atoms with Crippen molar-refractivity contribution in [1.29, 1.82) is 0 Å². The van der Waals surface area contributed by atoms with E-state index >= 15 is 0 Å². The van der Waals surface area contributed by atoms with Gasteiger partial charge in [0.05, 0.1) is 5.52 Å². The Morgan fingerprint density at radius 3 is 2.50 bits per heavy atom. The highest BCUT2D eigenvalue weighted by Gasteiger charge is 2.18. The molecule has 32 heavy (non-hydrogen) atoms. The van der Waals surface area contributed by atoms with Crippen molar-refractivity contribution in [3.05, 3.63) is 71.9 Å². The third-order valence-electron chi connectivity index (χ3n) is 5.49. The van der Waals surface area contributed by atoms with E-state index in [1.807, 2.05) is 54.7 Å². The monoisotopic (exact) mass is 435 g/mol. The van der Waals surface area contributed by atoms with E-state index in [9.17, 15) is 9.90 Å². The van der Waals surface area contributed by atoms with Crippen molar-refractivity contribution in [2.45, 2.75) is 64.6 Å². The van der Waals surface area contributed by atoms with Gasteiger partial charge in [-0.2, -0.15) is 0 Å². The SMILES string of the molecule is CCCCCCCCOC(Cc1ccc(OCc2cnc3ccccc3c2)cc1)C(=O)O. The third-order valence-corrected chi connectivity index (χ3v) is 5.49. The molecule has 0 aliphatic heterocycles. The molecule has 170 valence electrons. The predicted molar refractivity (Wildman–Crippen MR) is 127 cm³/mol. The minimum absolute atomic E-state index is 0.347. The van der Waals surface area contributed by atoms with Gasteiger partial charge in [-0.15, -0.1) is 0 Å². The Kier molecular flexibility index (Phi) is 9.51. The van der Waals surface area contributed by atoms with E-state index in [-0.39, 0.29) is 0 Å². The van der Waals surface area contributed by atoms with Gasteiger partial charge in [-0.05, 0) is 36.2 Å². The second kappa shape index (κ2) is 12.8. The summed E-state index contributed by atoms with van der Waals surface area (Å²) in [7, 11) is 0. The number of aliphatic carboxylic acids is 1. The summed E-state index contributed by atoms with van der Waals surface area (Å²) in [6.07, 6.45) is 8.27. The first-order valence-corrected chi connectivity index (χ1v) is 11.6. The van der Waals surface area contributed by atoms with E-state index in [0.29, 0.717) is 19.6 Å². The van der Waals surface area contributed by atoms with Crippen molar-refractivity contribution in [2.24, 2.45) is 0 Å². The fraction of sp³-hybridized carbons (Fsp3) is 0.407. The van der Waals surface area contributed by atoms with Gasteiger partial charge in [-0.1, -0.05) is 69.4 Å². The molecule has 1 atom stereocenters. The Hall–Kier alpha value is -2.92. The Morgan fingerprint density at radius 2 is 1.72 bits per heavy atom. The van der Waals surface area contributed by atoms with Crippen molar-refractivity contribution in [3.8, 4) is 5.75 Å². The van der Waals surface area contributed by atoms with Crippen LogP contribution >= 0.6 is 0 Å². The van der Waals surface area contributed by atoms with E-state index in [2.05, 4.69) is 18.0 Å². The summed E-state index contributed by atoms with van der Waals surface area (Å²) in [5.74, 6) is -0.179. The summed E-state index contributed by atoms with van der Waals surface area (Å²) in [4.78, 5) is 16.0. The van der Waals surface area contributed by atoms with Gasteiger partial charge in [0.15, 0.2) is 6.10 Å². The molecule has 1 unspecified atom stereocenters. The lowest BCUT2D eigenvalue weighted by Crippen LogP contribution is -2.26. The van der Waals surface area contributed by atoms with E-state index in [1.165, 1.54) is 25.7 Å². The molecule has 0 aliphatic carbocycles. The van der Waals surface area contributed by atoms with Crippen molar-refractivity contribution < 1.29 is 19.4 Å². The number of rotatable bonds is 14. The maximum absolute atomic E-state index is 11.6. The molecule has 0 saturated heterocycles. The number of fused-ring (bicyclic) bond motifs is 1. The summed E-state index contributed by atoms with van der Waals surface area (Å²) in [5, 5.41) is 10.6. The number of para-hydroxylation sites is 1. The summed E-state index contributed by atoms with van der Waals surface area (Å²) in [6.45, 7) is 3.11. The van der Waals surface area contributed by atoms with E-state index in [4.69, 9.17) is 9.47 Å². The fourth-order valence-corrected chi connectivity index (χ4v) is 3.62. The van der Waals surface area contributed by atoms with Crippen LogP contribution in [0.5, 0.6) is 5.75 Å². The van der Waals surface area contributed by atoms with Gasteiger partial charge in [0, 0.05) is 30.2 Å². The number of ether oxygens (including phenoxy) is 2. The molecule has 1 N–H and O–H groups in total. The van der Waals surface area contributed by atoms with Gasteiger partial charge in [0.1, 0.15) is 12.4 Å². The first-order valence-electron chi connectivity index (χ1n) is 11.6. The Labute approximate surface area is 190 Å². The molecule has 0 aliphatic rings. The number of carboxylic acids is 1. The minimum Gasteiger partial charge on any atom is -0.489 e. The number of hydrogen-bond donors (Lipinski definition) is 1. The van der Waals surface area contributed by atoms with E-state index in [1.54, 1.807) is 0 Å². The lowest BCUT2D eigenvalue weighted by Gasteiger charge is -2.14. The highest BCUT2D eigenvalue weighted by atomic mass is 16.5. The molecule has 0 spiro atoms. The standard InChI is InChI=1S/C27H33NO4/c1-2-3-4-5-6-9-16-31-26(27(29)30)18-21-12-14-24(15-13-21)32-20-22-17-23-10-7-8-11-25(23)28-19-22/h7-8,10-15,17,19,26H,2-6,9,16,18,20H2,1H3,(H,29,30). The van der Waals surface area contributed by atoms with Gasteiger partial charge in [0.25, 0.3) is 0 Å². The predicted octanol–water partition coefficient (Wildman–Crippen LogP) is 6.19. The number of carbonyl (C=O) groups is 1. The molecular weight excluding hydrogens is 402 g/mol. The Balaban J connectivity index is 1.45. The number of aromatic nitrogens is 1. The third kappa shape index (κ3) is 7.65. The van der Waals surface area contributed by atoms with Gasteiger partial charge in [-0.3, -0.25) is 4.98 Å². The zero-order chi connectivity index (χ0) is 22.6. The number of pyridine rings is 1. The van der Waals surface area contributed by atoms with Crippen molar-refractivity contribution in [1.82, 2.24) is 4.98 Å². The van der Waals surface area contributed by atoms with Crippen LogP contribution in [0.2, 0.25) is 0 Å². The average molecular weight is 436 g/mol. The lowest BCUT2D eigenvalue weighted by molar-refractivity contribution is -0.150. The molecular formula is C27H33NO4.